The monoisotopic (exact) mass is 190 g/mol. The van der Waals surface area contributed by atoms with Crippen LogP contribution in [-0.2, 0) is 13.0 Å². The van der Waals surface area contributed by atoms with Crippen LogP contribution in [0.2, 0.25) is 0 Å². The summed E-state index contributed by atoms with van der Waals surface area (Å²) in [7, 11) is 0. The number of fused-ring (bicyclic) bond motifs is 2. The quantitative estimate of drug-likeness (QED) is 0.664. The first-order valence-corrected chi connectivity index (χ1v) is 4.59. The van der Waals surface area contributed by atoms with Crippen LogP contribution >= 0.6 is 0 Å². The number of nitrogens with one attached hydrogen (secondary N) is 1. The lowest BCUT2D eigenvalue weighted by Crippen LogP contribution is -2.03. The van der Waals surface area contributed by atoms with Crippen LogP contribution in [-0.4, -0.2) is 13.0 Å². The van der Waals surface area contributed by atoms with Crippen molar-refractivity contribution >= 4 is 6.21 Å². The van der Waals surface area contributed by atoms with Gasteiger partial charge in [-0.3, -0.25) is 0 Å². The van der Waals surface area contributed by atoms with Crippen molar-refractivity contribution in [2.24, 2.45) is 5.10 Å². The van der Waals surface area contributed by atoms with Crippen molar-refractivity contribution in [3.8, 4) is 11.5 Å². The standard InChI is InChI=1S/C10H10N2O2/c1-2-11-12-5-8-4-10-9(3-7(1)8)13-6-14-10/h2-4,12H,1,5-6H2. The van der Waals surface area contributed by atoms with E-state index < -0.39 is 0 Å². The van der Waals surface area contributed by atoms with Crippen LogP contribution in [0.4, 0.5) is 0 Å². The number of rotatable bonds is 0. The van der Waals surface area contributed by atoms with Gasteiger partial charge >= 0.3 is 0 Å². The summed E-state index contributed by atoms with van der Waals surface area (Å²) in [5, 5.41) is 4.03. The Morgan fingerprint density at radius 3 is 2.79 bits per heavy atom. The Bertz CT molecular complexity index is 401. The van der Waals surface area contributed by atoms with E-state index in [2.05, 4.69) is 10.5 Å². The molecule has 2 heterocycles. The highest BCUT2D eigenvalue weighted by Gasteiger charge is 2.17. The second-order valence-electron chi connectivity index (χ2n) is 3.32. The molecule has 1 aromatic carbocycles. The van der Waals surface area contributed by atoms with Crippen LogP contribution in [0.5, 0.6) is 11.5 Å². The zero-order valence-electron chi connectivity index (χ0n) is 7.62. The molecule has 3 rings (SSSR count). The Morgan fingerprint density at radius 1 is 1.14 bits per heavy atom. The normalized spacial score (nSPS) is 17.1. The number of hydrazone groups is 1. The minimum absolute atomic E-state index is 0.333. The number of nitrogens with zero attached hydrogens (tertiary/aromatic N) is 1. The molecule has 4 nitrogen and oxygen atoms in total. The first kappa shape index (κ1) is 7.67. The molecule has 1 N–H and O–H groups in total. The predicted molar refractivity (Wildman–Crippen MR) is 51.6 cm³/mol. The van der Waals surface area contributed by atoms with Gasteiger partial charge in [0.25, 0.3) is 0 Å². The van der Waals surface area contributed by atoms with E-state index in [1.807, 2.05) is 18.3 Å². The van der Waals surface area contributed by atoms with Gasteiger partial charge < -0.3 is 14.9 Å². The average Bonchev–Trinajstić information content (AvgIpc) is 2.51. The fourth-order valence-corrected chi connectivity index (χ4v) is 1.72. The molecule has 0 spiro atoms. The smallest absolute Gasteiger partial charge is 0.231 e. The maximum Gasteiger partial charge on any atom is 0.231 e. The lowest BCUT2D eigenvalue weighted by Gasteiger charge is -2.06. The van der Waals surface area contributed by atoms with Crippen molar-refractivity contribution < 1.29 is 9.47 Å². The van der Waals surface area contributed by atoms with Gasteiger partial charge in [0.1, 0.15) is 0 Å². The summed E-state index contributed by atoms with van der Waals surface area (Å²) < 4.78 is 10.6. The summed E-state index contributed by atoms with van der Waals surface area (Å²) >= 11 is 0. The number of benzene rings is 1. The predicted octanol–water partition coefficient (Wildman–Crippen LogP) is 1.05. The summed E-state index contributed by atoms with van der Waals surface area (Å²) in [4.78, 5) is 0. The third-order valence-corrected chi connectivity index (χ3v) is 2.46. The molecule has 0 saturated heterocycles. The molecule has 72 valence electrons. The summed E-state index contributed by atoms with van der Waals surface area (Å²) in [6.45, 7) is 1.09. The van der Waals surface area contributed by atoms with Crippen molar-refractivity contribution in [1.82, 2.24) is 5.43 Å². The molecule has 1 aromatic rings. The fourth-order valence-electron chi connectivity index (χ4n) is 1.72. The second kappa shape index (κ2) is 2.90. The fraction of sp³-hybridized carbons (Fsp3) is 0.300. The van der Waals surface area contributed by atoms with Crippen LogP contribution in [0.25, 0.3) is 0 Å². The van der Waals surface area contributed by atoms with E-state index in [1.54, 1.807) is 0 Å². The van der Waals surface area contributed by atoms with Gasteiger partial charge in [0.15, 0.2) is 11.5 Å². The number of ether oxygens (including phenoxy) is 2. The van der Waals surface area contributed by atoms with Crippen LogP contribution < -0.4 is 14.9 Å². The molecule has 0 radical (unpaired) electrons. The molecule has 0 fully saturated rings. The summed E-state index contributed by atoms with van der Waals surface area (Å²) in [5.41, 5.74) is 5.45. The minimum atomic E-state index is 0.333. The maximum atomic E-state index is 5.32. The van der Waals surface area contributed by atoms with E-state index >= 15 is 0 Å². The molecule has 0 amide bonds. The van der Waals surface area contributed by atoms with Crippen LogP contribution in [0.1, 0.15) is 11.1 Å². The Balaban J connectivity index is 2.09. The summed E-state index contributed by atoms with van der Waals surface area (Å²) in [6.07, 6.45) is 2.72. The van der Waals surface area contributed by atoms with Gasteiger partial charge in [-0.2, -0.15) is 5.10 Å². The Morgan fingerprint density at radius 2 is 1.93 bits per heavy atom. The molecule has 0 aliphatic carbocycles. The first-order chi connectivity index (χ1) is 6.93. The van der Waals surface area contributed by atoms with Gasteiger partial charge in [-0.05, 0) is 23.3 Å². The molecule has 0 unspecified atom stereocenters. The molecular formula is C10H10N2O2. The van der Waals surface area contributed by atoms with Gasteiger partial charge in [0.05, 0.1) is 6.54 Å². The minimum Gasteiger partial charge on any atom is -0.454 e. The van der Waals surface area contributed by atoms with Crippen molar-refractivity contribution in [3.63, 3.8) is 0 Å². The van der Waals surface area contributed by atoms with E-state index in [4.69, 9.17) is 9.47 Å². The van der Waals surface area contributed by atoms with Crippen LogP contribution in [0.15, 0.2) is 17.2 Å². The van der Waals surface area contributed by atoms with E-state index in [-0.39, 0.29) is 0 Å². The number of hydrogen-bond acceptors (Lipinski definition) is 4. The Labute approximate surface area is 81.5 Å². The van der Waals surface area contributed by atoms with Gasteiger partial charge in [-0.15, -0.1) is 0 Å². The van der Waals surface area contributed by atoms with E-state index in [9.17, 15) is 0 Å². The van der Waals surface area contributed by atoms with Crippen molar-refractivity contribution in [2.45, 2.75) is 13.0 Å². The molecular weight excluding hydrogens is 180 g/mol. The Hall–Kier alpha value is -1.71. The van der Waals surface area contributed by atoms with Crippen molar-refractivity contribution in [2.75, 3.05) is 6.79 Å². The third-order valence-electron chi connectivity index (χ3n) is 2.46. The molecule has 0 atom stereocenters. The lowest BCUT2D eigenvalue weighted by molar-refractivity contribution is 0.174. The summed E-state index contributed by atoms with van der Waals surface area (Å²) in [6, 6.07) is 4.07. The van der Waals surface area contributed by atoms with Gasteiger partial charge in [0, 0.05) is 12.6 Å². The molecule has 0 aromatic heterocycles. The largest absolute Gasteiger partial charge is 0.454 e. The topological polar surface area (TPSA) is 42.9 Å². The zero-order chi connectivity index (χ0) is 9.38. The van der Waals surface area contributed by atoms with Crippen molar-refractivity contribution in [1.29, 1.82) is 0 Å². The van der Waals surface area contributed by atoms with Crippen molar-refractivity contribution in [3.05, 3.63) is 23.3 Å². The highest BCUT2D eigenvalue weighted by atomic mass is 16.7. The molecule has 14 heavy (non-hydrogen) atoms. The average molecular weight is 190 g/mol. The van der Waals surface area contributed by atoms with Gasteiger partial charge in [-0.1, -0.05) is 0 Å². The molecule has 0 saturated carbocycles. The van der Waals surface area contributed by atoms with Crippen LogP contribution in [0.3, 0.4) is 0 Å². The second-order valence-corrected chi connectivity index (χ2v) is 3.32. The third kappa shape index (κ3) is 1.11. The molecule has 4 heteroatoms. The highest BCUT2D eigenvalue weighted by Crippen LogP contribution is 2.35. The van der Waals surface area contributed by atoms with E-state index in [1.165, 1.54) is 11.1 Å². The van der Waals surface area contributed by atoms with Gasteiger partial charge in [-0.25, -0.2) is 0 Å². The zero-order valence-corrected chi connectivity index (χ0v) is 7.62. The SMILES string of the molecule is C1=NNCc2cc3c(cc2C1)OCO3. The first-order valence-electron chi connectivity index (χ1n) is 4.59. The van der Waals surface area contributed by atoms with Crippen LogP contribution in [0, 0.1) is 0 Å². The molecule has 2 aliphatic heterocycles. The van der Waals surface area contributed by atoms with E-state index in [0.717, 1.165) is 24.5 Å². The maximum absolute atomic E-state index is 5.32. The summed E-state index contributed by atoms with van der Waals surface area (Å²) in [5.74, 6) is 1.69. The number of hydrogen-bond donors (Lipinski definition) is 1. The lowest BCUT2D eigenvalue weighted by atomic mass is 10.0. The molecule has 2 aliphatic rings. The van der Waals surface area contributed by atoms with Gasteiger partial charge in [0.2, 0.25) is 6.79 Å². The molecule has 0 bridgehead atoms. The Kier molecular flexibility index (Phi) is 1.59. The van der Waals surface area contributed by atoms with E-state index in [0.29, 0.717) is 6.79 Å². The highest BCUT2D eigenvalue weighted by molar-refractivity contribution is 5.64.